The van der Waals surface area contributed by atoms with E-state index >= 15 is 0 Å². The van der Waals surface area contributed by atoms with Gasteiger partial charge in [0.25, 0.3) is 0 Å². The SMILES string of the molecule is c1ccc(C[NH2+]Cc2cnn(-c3ccccc3)n2)cc1. The van der Waals surface area contributed by atoms with Crippen molar-refractivity contribution in [1.82, 2.24) is 15.0 Å². The van der Waals surface area contributed by atoms with E-state index in [1.807, 2.05) is 42.6 Å². The summed E-state index contributed by atoms with van der Waals surface area (Å²) in [4.78, 5) is 1.67. The molecule has 2 N–H and O–H groups in total. The van der Waals surface area contributed by atoms with Gasteiger partial charge in [-0.05, 0) is 12.1 Å². The van der Waals surface area contributed by atoms with Gasteiger partial charge in [0.15, 0.2) is 0 Å². The fraction of sp³-hybridized carbons (Fsp3) is 0.125. The number of hydrogen-bond donors (Lipinski definition) is 1. The molecule has 0 bridgehead atoms. The zero-order valence-corrected chi connectivity index (χ0v) is 11.2. The Morgan fingerprint density at radius 3 is 2.30 bits per heavy atom. The van der Waals surface area contributed by atoms with Crippen LogP contribution in [0.1, 0.15) is 11.3 Å². The maximum absolute atomic E-state index is 4.49. The summed E-state index contributed by atoms with van der Waals surface area (Å²) in [5.41, 5.74) is 3.30. The molecule has 0 aliphatic rings. The van der Waals surface area contributed by atoms with Crippen LogP contribution in [0, 0.1) is 0 Å². The van der Waals surface area contributed by atoms with Crippen LogP contribution in [-0.4, -0.2) is 15.0 Å². The average Bonchev–Trinajstić information content (AvgIpc) is 2.98. The van der Waals surface area contributed by atoms with Crippen molar-refractivity contribution in [2.45, 2.75) is 13.1 Å². The van der Waals surface area contributed by atoms with Gasteiger partial charge >= 0.3 is 0 Å². The molecule has 0 spiro atoms. The summed E-state index contributed by atoms with van der Waals surface area (Å²) in [6.07, 6.45) is 1.83. The molecule has 1 heterocycles. The highest BCUT2D eigenvalue weighted by atomic mass is 15.5. The van der Waals surface area contributed by atoms with E-state index in [2.05, 4.69) is 39.8 Å². The molecule has 4 nitrogen and oxygen atoms in total. The fourth-order valence-electron chi connectivity index (χ4n) is 2.07. The molecule has 0 atom stereocenters. The van der Waals surface area contributed by atoms with Gasteiger partial charge in [0.1, 0.15) is 18.8 Å². The molecule has 0 amide bonds. The zero-order valence-electron chi connectivity index (χ0n) is 11.2. The molecule has 0 fully saturated rings. The van der Waals surface area contributed by atoms with E-state index in [1.165, 1.54) is 5.56 Å². The zero-order chi connectivity index (χ0) is 13.6. The quantitative estimate of drug-likeness (QED) is 0.760. The number of hydrogen-bond acceptors (Lipinski definition) is 2. The molecule has 0 saturated carbocycles. The van der Waals surface area contributed by atoms with Gasteiger partial charge in [0.05, 0.1) is 11.9 Å². The molecule has 4 heteroatoms. The summed E-state index contributed by atoms with van der Waals surface area (Å²) >= 11 is 0. The minimum Gasteiger partial charge on any atom is -0.337 e. The highest BCUT2D eigenvalue weighted by molar-refractivity contribution is 5.28. The summed E-state index contributed by atoms with van der Waals surface area (Å²) in [7, 11) is 0. The number of quaternary nitrogens is 1. The molecule has 0 saturated heterocycles. The molecule has 1 aromatic heterocycles. The monoisotopic (exact) mass is 265 g/mol. The van der Waals surface area contributed by atoms with Crippen LogP contribution >= 0.6 is 0 Å². The molecule has 0 aliphatic heterocycles. The molecule has 20 heavy (non-hydrogen) atoms. The first kappa shape index (κ1) is 12.6. The smallest absolute Gasteiger partial charge is 0.137 e. The highest BCUT2D eigenvalue weighted by Gasteiger charge is 2.04. The predicted molar refractivity (Wildman–Crippen MR) is 77.1 cm³/mol. The Kier molecular flexibility index (Phi) is 3.85. The third-order valence-corrected chi connectivity index (χ3v) is 3.10. The van der Waals surface area contributed by atoms with E-state index in [1.54, 1.807) is 4.80 Å². The lowest BCUT2D eigenvalue weighted by Crippen LogP contribution is -2.80. The lowest BCUT2D eigenvalue weighted by Gasteiger charge is -1.99. The minimum absolute atomic E-state index is 0.835. The van der Waals surface area contributed by atoms with Crippen molar-refractivity contribution in [2.75, 3.05) is 0 Å². The van der Waals surface area contributed by atoms with Gasteiger partial charge in [-0.2, -0.15) is 9.90 Å². The summed E-state index contributed by atoms with van der Waals surface area (Å²) in [5, 5.41) is 11.0. The summed E-state index contributed by atoms with van der Waals surface area (Å²) < 4.78 is 0. The maximum atomic E-state index is 4.49. The van der Waals surface area contributed by atoms with Crippen LogP contribution in [0.5, 0.6) is 0 Å². The van der Waals surface area contributed by atoms with E-state index < -0.39 is 0 Å². The normalized spacial score (nSPS) is 10.6. The Hall–Kier alpha value is -2.46. The topological polar surface area (TPSA) is 47.3 Å². The van der Waals surface area contributed by atoms with Crippen LogP contribution in [0.15, 0.2) is 66.9 Å². The minimum atomic E-state index is 0.835. The molecule has 3 rings (SSSR count). The Labute approximate surface area is 118 Å². The van der Waals surface area contributed by atoms with E-state index in [0.29, 0.717) is 0 Å². The first-order valence-corrected chi connectivity index (χ1v) is 6.74. The third-order valence-electron chi connectivity index (χ3n) is 3.10. The van der Waals surface area contributed by atoms with E-state index in [9.17, 15) is 0 Å². The molecule has 2 aromatic carbocycles. The van der Waals surface area contributed by atoms with E-state index in [0.717, 1.165) is 24.5 Å². The molecule has 3 aromatic rings. The maximum Gasteiger partial charge on any atom is 0.137 e. The molecule has 100 valence electrons. The van der Waals surface area contributed by atoms with Crippen LogP contribution < -0.4 is 5.32 Å². The number of nitrogens with zero attached hydrogens (tertiary/aromatic N) is 3. The summed E-state index contributed by atoms with van der Waals surface area (Å²) in [5.74, 6) is 0. The van der Waals surface area contributed by atoms with Gasteiger partial charge in [-0.25, -0.2) is 0 Å². The Morgan fingerprint density at radius 2 is 1.55 bits per heavy atom. The number of benzene rings is 2. The predicted octanol–water partition coefficient (Wildman–Crippen LogP) is 1.53. The molecule has 0 unspecified atom stereocenters. The van der Waals surface area contributed by atoms with Gasteiger partial charge in [-0.15, -0.1) is 5.10 Å². The Balaban J connectivity index is 1.58. The van der Waals surface area contributed by atoms with Gasteiger partial charge < -0.3 is 5.32 Å². The van der Waals surface area contributed by atoms with Crippen molar-refractivity contribution in [3.63, 3.8) is 0 Å². The number of aromatic nitrogens is 3. The lowest BCUT2D eigenvalue weighted by molar-refractivity contribution is -0.686. The molecule has 0 radical (unpaired) electrons. The van der Waals surface area contributed by atoms with Crippen LogP contribution in [0.4, 0.5) is 0 Å². The first-order valence-electron chi connectivity index (χ1n) is 6.74. The second-order valence-corrected chi connectivity index (χ2v) is 4.64. The summed E-state index contributed by atoms with van der Waals surface area (Å²) in [6, 6.07) is 20.4. The fourth-order valence-corrected chi connectivity index (χ4v) is 2.07. The van der Waals surface area contributed by atoms with Crippen LogP contribution in [0.2, 0.25) is 0 Å². The van der Waals surface area contributed by atoms with Crippen LogP contribution in [0.25, 0.3) is 5.69 Å². The van der Waals surface area contributed by atoms with Crippen molar-refractivity contribution in [2.24, 2.45) is 0 Å². The second-order valence-electron chi connectivity index (χ2n) is 4.64. The lowest BCUT2D eigenvalue weighted by atomic mass is 10.2. The van der Waals surface area contributed by atoms with E-state index in [-0.39, 0.29) is 0 Å². The highest BCUT2D eigenvalue weighted by Crippen LogP contribution is 2.03. The van der Waals surface area contributed by atoms with Gasteiger partial charge in [0.2, 0.25) is 0 Å². The number of para-hydroxylation sites is 1. The van der Waals surface area contributed by atoms with Crippen molar-refractivity contribution in [3.05, 3.63) is 78.1 Å². The first-order chi connectivity index (χ1) is 9.92. The number of nitrogens with two attached hydrogens (primary N) is 1. The Bertz CT molecular complexity index is 647. The summed E-state index contributed by atoms with van der Waals surface area (Å²) in [6.45, 7) is 1.79. The largest absolute Gasteiger partial charge is 0.337 e. The van der Waals surface area contributed by atoms with Gasteiger partial charge in [0, 0.05) is 5.56 Å². The van der Waals surface area contributed by atoms with Crippen molar-refractivity contribution in [3.8, 4) is 5.69 Å². The molecular formula is C16H17N4+. The molecule has 0 aliphatic carbocycles. The van der Waals surface area contributed by atoms with Crippen molar-refractivity contribution in [1.29, 1.82) is 0 Å². The van der Waals surface area contributed by atoms with E-state index in [4.69, 9.17) is 0 Å². The second kappa shape index (κ2) is 6.12. The average molecular weight is 265 g/mol. The van der Waals surface area contributed by atoms with Crippen LogP contribution in [-0.2, 0) is 13.1 Å². The standard InChI is InChI=1S/C16H16N4/c1-3-7-14(8-4-1)11-17-12-15-13-18-20(19-15)16-9-5-2-6-10-16/h1-10,13,17H,11-12H2/p+1. The third kappa shape index (κ3) is 3.10. The Morgan fingerprint density at radius 1 is 0.850 bits per heavy atom. The van der Waals surface area contributed by atoms with Crippen LogP contribution in [0.3, 0.4) is 0 Å². The van der Waals surface area contributed by atoms with Crippen molar-refractivity contribution >= 4 is 0 Å². The van der Waals surface area contributed by atoms with Gasteiger partial charge in [-0.3, -0.25) is 0 Å². The van der Waals surface area contributed by atoms with Crippen molar-refractivity contribution < 1.29 is 5.32 Å². The number of rotatable bonds is 5. The molecular weight excluding hydrogens is 248 g/mol. The van der Waals surface area contributed by atoms with Gasteiger partial charge in [-0.1, -0.05) is 48.5 Å².